The number of rotatable bonds is 2. The SMILES string of the molecule is Cc1ccc(N(N)C(=O)C(F)F)cc1. The molecule has 1 aromatic rings. The van der Waals surface area contributed by atoms with Crippen LogP contribution in [0.4, 0.5) is 14.5 Å². The van der Waals surface area contributed by atoms with Crippen LogP contribution in [-0.2, 0) is 4.79 Å². The molecule has 14 heavy (non-hydrogen) atoms. The summed E-state index contributed by atoms with van der Waals surface area (Å²) in [6, 6.07) is 6.40. The number of carbonyl (C=O) groups excluding carboxylic acids is 1. The molecule has 2 N–H and O–H groups in total. The van der Waals surface area contributed by atoms with Crippen LogP contribution in [0.15, 0.2) is 24.3 Å². The molecule has 3 nitrogen and oxygen atoms in total. The second kappa shape index (κ2) is 4.15. The molecule has 5 heteroatoms. The lowest BCUT2D eigenvalue weighted by atomic mass is 10.2. The quantitative estimate of drug-likeness (QED) is 0.446. The number of hydrogen-bond acceptors (Lipinski definition) is 2. The fourth-order valence-corrected chi connectivity index (χ4v) is 0.938. The van der Waals surface area contributed by atoms with Gasteiger partial charge in [0.05, 0.1) is 5.69 Å². The number of carbonyl (C=O) groups is 1. The van der Waals surface area contributed by atoms with Gasteiger partial charge in [-0.15, -0.1) is 0 Å². The van der Waals surface area contributed by atoms with Crippen LogP contribution in [0.2, 0.25) is 0 Å². The third kappa shape index (κ3) is 2.26. The third-order valence-electron chi connectivity index (χ3n) is 1.74. The van der Waals surface area contributed by atoms with E-state index < -0.39 is 12.3 Å². The molecule has 0 aliphatic carbocycles. The number of benzene rings is 1. The summed E-state index contributed by atoms with van der Waals surface area (Å²) in [5.74, 6) is 3.78. The molecule has 0 aliphatic heterocycles. The molecule has 0 aromatic heterocycles. The molecule has 0 spiro atoms. The minimum absolute atomic E-state index is 0.251. The maximum Gasteiger partial charge on any atom is 0.317 e. The summed E-state index contributed by atoms with van der Waals surface area (Å²) in [6.45, 7) is 1.85. The Morgan fingerprint density at radius 2 is 1.86 bits per heavy atom. The lowest BCUT2D eigenvalue weighted by molar-refractivity contribution is -0.129. The normalized spacial score (nSPS) is 10.4. The highest BCUT2D eigenvalue weighted by Crippen LogP contribution is 2.13. The van der Waals surface area contributed by atoms with E-state index in [9.17, 15) is 13.6 Å². The maximum absolute atomic E-state index is 12.0. The van der Waals surface area contributed by atoms with Crippen LogP contribution in [-0.4, -0.2) is 12.3 Å². The minimum Gasteiger partial charge on any atom is -0.266 e. The standard InChI is InChI=1S/C9H10F2N2O/c1-6-2-4-7(5-3-6)13(12)9(14)8(10)11/h2-5,8H,12H2,1H3. The predicted molar refractivity (Wildman–Crippen MR) is 48.9 cm³/mol. The number of halogens is 2. The lowest BCUT2D eigenvalue weighted by Crippen LogP contribution is -2.41. The van der Waals surface area contributed by atoms with Gasteiger partial charge in [0.15, 0.2) is 0 Å². The van der Waals surface area contributed by atoms with Crippen LogP contribution in [0.1, 0.15) is 5.56 Å². The largest absolute Gasteiger partial charge is 0.317 e. The Morgan fingerprint density at radius 1 is 1.36 bits per heavy atom. The highest BCUT2D eigenvalue weighted by molar-refractivity contribution is 5.94. The number of anilines is 1. The first-order valence-corrected chi connectivity index (χ1v) is 3.96. The zero-order valence-corrected chi connectivity index (χ0v) is 7.58. The van der Waals surface area contributed by atoms with E-state index in [1.165, 1.54) is 12.1 Å². The van der Waals surface area contributed by atoms with Gasteiger partial charge in [-0.3, -0.25) is 4.79 Å². The number of nitrogens with zero attached hydrogens (tertiary/aromatic N) is 1. The first-order chi connectivity index (χ1) is 6.52. The van der Waals surface area contributed by atoms with Gasteiger partial charge < -0.3 is 0 Å². The topological polar surface area (TPSA) is 46.3 Å². The van der Waals surface area contributed by atoms with E-state index in [4.69, 9.17) is 5.84 Å². The number of amides is 1. The first-order valence-electron chi connectivity index (χ1n) is 3.96. The maximum atomic E-state index is 12.0. The number of alkyl halides is 2. The molecule has 0 radical (unpaired) electrons. The fraction of sp³-hybridized carbons (Fsp3) is 0.222. The van der Waals surface area contributed by atoms with Crippen LogP contribution >= 0.6 is 0 Å². The van der Waals surface area contributed by atoms with Crippen molar-refractivity contribution >= 4 is 11.6 Å². The van der Waals surface area contributed by atoms with E-state index in [1.54, 1.807) is 12.1 Å². The molecule has 0 saturated carbocycles. The highest BCUT2D eigenvalue weighted by atomic mass is 19.3. The van der Waals surface area contributed by atoms with Gasteiger partial charge in [0.25, 0.3) is 0 Å². The summed E-state index contributed by atoms with van der Waals surface area (Å²) < 4.78 is 23.9. The summed E-state index contributed by atoms with van der Waals surface area (Å²) in [4.78, 5) is 10.8. The molecule has 0 unspecified atom stereocenters. The van der Waals surface area contributed by atoms with Crippen molar-refractivity contribution in [2.75, 3.05) is 5.01 Å². The van der Waals surface area contributed by atoms with E-state index in [1.807, 2.05) is 6.92 Å². The monoisotopic (exact) mass is 200 g/mol. The minimum atomic E-state index is -3.08. The van der Waals surface area contributed by atoms with Crippen LogP contribution in [0, 0.1) is 6.92 Å². The summed E-state index contributed by atoms with van der Waals surface area (Å²) in [5.41, 5.74) is 1.22. The number of hydrogen-bond donors (Lipinski definition) is 1. The van der Waals surface area contributed by atoms with E-state index in [0.717, 1.165) is 5.56 Å². The number of nitrogens with two attached hydrogens (primary N) is 1. The Balaban J connectivity index is 2.84. The summed E-state index contributed by atoms with van der Waals surface area (Å²) >= 11 is 0. The smallest absolute Gasteiger partial charge is 0.266 e. The summed E-state index contributed by atoms with van der Waals surface area (Å²) in [5, 5.41) is 0.449. The molecule has 1 amide bonds. The zero-order valence-electron chi connectivity index (χ0n) is 7.58. The fourth-order valence-electron chi connectivity index (χ4n) is 0.938. The Morgan fingerprint density at radius 3 is 2.29 bits per heavy atom. The second-order valence-corrected chi connectivity index (χ2v) is 2.84. The lowest BCUT2D eigenvalue weighted by Gasteiger charge is -2.15. The van der Waals surface area contributed by atoms with Gasteiger partial charge in [-0.25, -0.2) is 10.9 Å². The highest BCUT2D eigenvalue weighted by Gasteiger charge is 2.21. The van der Waals surface area contributed by atoms with Crippen LogP contribution in [0.5, 0.6) is 0 Å². The molecule has 76 valence electrons. The Hall–Kier alpha value is -1.49. The molecule has 0 atom stereocenters. The first kappa shape index (κ1) is 10.6. The van der Waals surface area contributed by atoms with Crippen molar-refractivity contribution in [3.8, 4) is 0 Å². The Bertz CT molecular complexity index is 324. The van der Waals surface area contributed by atoms with Gasteiger partial charge in [-0.2, -0.15) is 8.78 Å². The van der Waals surface area contributed by atoms with Crippen LogP contribution in [0.3, 0.4) is 0 Å². The van der Waals surface area contributed by atoms with Crippen molar-refractivity contribution in [3.63, 3.8) is 0 Å². The van der Waals surface area contributed by atoms with Gasteiger partial charge in [-0.1, -0.05) is 17.7 Å². The zero-order chi connectivity index (χ0) is 10.7. The molecule has 0 aliphatic rings. The average Bonchev–Trinajstić information content (AvgIpc) is 2.16. The molecule has 1 rings (SSSR count). The van der Waals surface area contributed by atoms with Gasteiger partial charge in [0.1, 0.15) is 0 Å². The average molecular weight is 200 g/mol. The predicted octanol–water partition coefficient (Wildman–Crippen LogP) is 1.47. The second-order valence-electron chi connectivity index (χ2n) is 2.84. The van der Waals surface area contributed by atoms with Gasteiger partial charge in [0, 0.05) is 0 Å². The third-order valence-corrected chi connectivity index (χ3v) is 1.74. The summed E-state index contributed by atoms with van der Waals surface area (Å²) in [7, 11) is 0. The molecule has 0 saturated heterocycles. The number of aryl methyl sites for hydroxylation is 1. The van der Waals surface area contributed by atoms with Crippen LogP contribution in [0.25, 0.3) is 0 Å². The van der Waals surface area contributed by atoms with Gasteiger partial charge in [-0.05, 0) is 19.1 Å². The Labute approximate surface area is 80.1 Å². The van der Waals surface area contributed by atoms with Crippen molar-refractivity contribution in [3.05, 3.63) is 29.8 Å². The van der Waals surface area contributed by atoms with Gasteiger partial charge >= 0.3 is 12.3 Å². The molecule has 1 aromatic carbocycles. The molecular weight excluding hydrogens is 190 g/mol. The molecule has 0 bridgehead atoms. The van der Waals surface area contributed by atoms with E-state index in [2.05, 4.69) is 0 Å². The van der Waals surface area contributed by atoms with E-state index in [-0.39, 0.29) is 5.69 Å². The van der Waals surface area contributed by atoms with Crippen molar-refractivity contribution in [2.24, 2.45) is 5.84 Å². The van der Waals surface area contributed by atoms with Crippen molar-refractivity contribution in [2.45, 2.75) is 13.3 Å². The van der Waals surface area contributed by atoms with Crippen molar-refractivity contribution in [1.29, 1.82) is 0 Å². The van der Waals surface area contributed by atoms with Crippen molar-refractivity contribution < 1.29 is 13.6 Å². The van der Waals surface area contributed by atoms with Crippen molar-refractivity contribution in [1.82, 2.24) is 0 Å². The van der Waals surface area contributed by atoms with Gasteiger partial charge in [0.2, 0.25) is 0 Å². The Kier molecular flexibility index (Phi) is 3.14. The molecule has 0 fully saturated rings. The summed E-state index contributed by atoms with van der Waals surface area (Å²) in [6.07, 6.45) is -3.08. The molecule has 0 heterocycles. The van der Waals surface area contributed by atoms with E-state index >= 15 is 0 Å². The molecular formula is C9H10F2N2O. The number of hydrazine groups is 1. The van der Waals surface area contributed by atoms with E-state index in [0.29, 0.717) is 5.01 Å². The van der Waals surface area contributed by atoms with Crippen LogP contribution < -0.4 is 10.9 Å².